The third-order valence-corrected chi connectivity index (χ3v) is 4.32. The van der Waals surface area contributed by atoms with E-state index >= 15 is 0 Å². The number of sulfonamides is 1. The maximum Gasteiger partial charge on any atom is 0.232 e. The highest BCUT2D eigenvalue weighted by Gasteiger charge is 2.18. The second-order valence-corrected chi connectivity index (χ2v) is 7.92. The molecule has 1 aromatic rings. The fourth-order valence-corrected chi connectivity index (χ4v) is 2.94. The van der Waals surface area contributed by atoms with Crippen molar-refractivity contribution < 1.29 is 18.0 Å². The fraction of sp³-hybridized carbons (Fsp3) is 0.500. The predicted octanol–water partition coefficient (Wildman–Crippen LogP) is 1.57. The van der Waals surface area contributed by atoms with E-state index in [1.165, 1.54) is 11.2 Å². The monoisotopic (exact) mass is 355 g/mol. The minimum atomic E-state index is -3.51. The molecule has 0 saturated carbocycles. The van der Waals surface area contributed by atoms with E-state index in [1.807, 2.05) is 13.8 Å². The van der Waals surface area contributed by atoms with Crippen molar-refractivity contribution in [2.45, 2.75) is 27.2 Å². The van der Waals surface area contributed by atoms with Gasteiger partial charge in [0.05, 0.1) is 11.9 Å². The van der Waals surface area contributed by atoms with Crippen molar-refractivity contribution >= 4 is 33.2 Å². The largest absolute Gasteiger partial charge is 0.356 e. The van der Waals surface area contributed by atoms with E-state index in [1.54, 1.807) is 24.3 Å². The van der Waals surface area contributed by atoms with E-state index in [-0.39, 0.29) is 24.8 Å². The summed E-state index contributed by atoms with van der Waals surface area (Å²) < 4.78 is 25.2. The van der Waals surface area contributed by atoms with Gasteiger partial charge in [-0.1, -0.05) is 13.8 Å². The average molecular weight is 355 g/mol. The summed E-state index contributed by atoms with van der Waals surface area (Å²) in [5.74, 6) is -0.0574. The Bertz CT molecular complexity index is 669. The second-order valence-electron chi connectivity index (χ2n) is 6.01. The van der Waals surface area contributed by atoms with Crippen LogP contribution in [0.15, 0.2) is 24.3 Å². The zero-order valence-electron chi connectivity index (χ0n) is 14.5. The molecule has 0 heterocycles. The van der Waals surface area contributed by atoms with Crippen LogP contribution in [0.25, 0.3) is 0 Å². The van der Waals surface area contributed by atoms with Crippen molar-refractivity contribution in [3.8, 4) is 0 Å². The van der Waals surface area contributed by atoms with Crippen LogP contribution in [0.2, 0.25) is 0 Å². The van der Waals surface area contributed by atoms with Crippen molar-refractivity contribution in [1.82, 2.24) is 5.32 Å². The summed E-state index contributed by atoms with van der Waals surface area (Å²) in [6, 6.07) is 6.43. The molecule has 1 rings (SSSR count). The molecule has 0 aliphatic heterocycles. The minimum Gasteiger partial charge on any atom is -0.356 e. The molecule has 0 saturated heterocycles. The van der Waals surface area contributed by atoms with Gasteiger partial charge in [0.2, 0.25) is 21.8 Å². The summed E-state index contributed by atoms with van der Waals surface area (Å²) in [7, 11) is -3.51. The molecule has 0 aliphatic carbocycles. The van der Waals surface area contributed by atoms with Crippen LogP contribution < -0.4 is 14.9 Å². The summed E-state index contributed by atoms with van der Waals surface area (Å²) in [5, 5.41) is 5.38. The molecular weight excluding hydrogens is 330 g/mol. The highest BCUT2D eigenvalue weighted by atomic mass is 32.2. The number of amides is 2. The third-order valence-electron chi connectivity index (χ3n) is 3.13. The van der Waals surface area contributed by atoms with E-state index in [0.717, 1.165) is 6.26 Å². The Morgan fingerprint density at radius 3 is 2.21 bits per heavy atom. The highest BCUT2D eigenvalue weighted by Crippen LogP contribution is 2.20. The van der Waals surface area contributed by atoms with Gasteiger partial charge in [-0.2, -0.15) is 0 Å². The number of nitrogens with zero attached hydrogens (tertiary/aromatic N) is 1. The number of hydrogen-bond acceptors (Lipinski definition) is 4. The van der Waals surface area contributed by atoms with E-state index < -0.39 is 10.0 Å². The molecule has 1 aromatic carbocycles. The lowest BCUT2D eigenvalue weighted by atomic mass is 10.2. The summed E-state index contributed by atoms with van der Waals surface area (Å²) in [6.07, 6.45) is 1.17. The third kappa shape index (κ3) is 6.99. The zero-order chi connectivity index (χ0) is 18.3. The van der Waals surface area contributed by atoms with Crippen LogP contribution in [-0.4, -0.2) is 39.6 Å². The summed E-state index contributed by atoms with van der Waals surface area (Å²) in [4.78, 5) is 22.8. The molecule has 7 nitrogen and oxygen atoms in total. The van der Waals surface area contributed by atoms with E-state index in [4.69, 9.17) is 0 Å². The molecule has 0 aliphatic rings. The van der Waals surface area contributed by atoms with E-state index in [9.17, 15) is 18.0 Å². The first-order chi connectivity index (χ1) is 11.1. The Morgan fingerprint density at radius 2 is 1.75 bits per heavy atom. The van der Waals surface area contributed by atoms with Crippen LogP contribution in [-0.2, 0) is 19.6 Å². The first kappa shape index (κ1) is 20.0. The van der Waals surface area contributed by atoms with Crippen molar-refractivity contribution in [2.75, 3.05) is 29.0 Å². The maximum absolute atomic E-state index is 12.0. The van der Waals surface area contributed by atoms with Gasteiger partial charge in [-0.15, -0.1) is 0 Å². The number of benzene rings is 1. The van der Waals surface area contributed by atoms with Gasteiger partial charge in [0, 0.05) is 32.1 Å². The summed E-state index contributed by atoms with van der Waals surface area (Å²) >= 11 is 0. The highest BCUT2D eigenvalue weighted by molar-refractivity contribution is 7.92. The Hall–Kier alpha value is -2.09. The lowest BCUT2D eigenvalue weighted by molar-refractivity contribution is -0.121. The molecule has 0 radical (unpaired) electrons. The molecule has 8 heteroatoms. The van der Waals surface area contributed by atoms with Gasteiger partial charge in [0.25, 0.3) is 0 Å². The van der Waals surface area contributed by atoms with Crippen LogP contribution in [0.1, 0.15) is 27.2 Å². The molecule has 0 fully saturated rings. The normalized spacial score (nSPS) is 11.2. The van der Waals surface area contributed by atoms with Gasteiger partial charge < -0.3 is 10.6 Å². The first-order valence-corrected chi connectivity index (χ1v) is 9.56. The standard InChI is InChI=1S/C16H25N3O4S/c1-12(2)11-17-16(21)9-10-19(24(4,22)23)15-7-5-14(6-8-15)18-13(3)20/h5-8,12H,9-11H2,1-4H3,(H,17,21)(H,18,20). The van der Waals surface area contributed by atoms with Crippen LogP contribution in [0, 0.1) is 5.92 Å². The number of hydrogen-bond donors (Lipinski definition) is 2. The number of rotatable bonds is 8. The van der Waals surface area contributed by atoms with E-state index in [0.29, 0.717) is 23.8 Å². The molecule has 0 spiro atoms. The van der Waals surface area contributed by atoms with Crippen molar-refractivity contribution in [2.24, 2.45) is 5.92 Å². The van der Waals surface area contributed by atoms with Crippen LogP contribution in [0.3, 0.4) is 0 Å². The van der Waals surface area contributed by atoms with Crippen molar-refractivity contribution in [1.29, 1.82) is 0 Å². The number of anilines is 2. The molecular formula is C16H25N3O4S. The van der Waals surface area contributed by atoms with Crippen molar-refractivity contribution in [3.05, 3.63) is 24.3 Å². The number of nitrogens with one attached hydrogen (secondary N) is 2. The Labute approximate surface area is 143 Å². The average Bonchev–Trinajstić information content (AvgIpc) is 2.45. The Balaban J connectivity index is 2.79. The minimum absolute atomic E-state index is 0.0578. The molecule has 0 bridgehead atoms. The summed E-state index contributed by atoms with van der Waals surface area (Å²) in [6.45, 7) is 5.98. The second kappa shape index (κ2) is 8.68. The molecule has 2 amide bonds. The summed E-state index contributed by atoms with van der Waals surface area (Å²) in [5.41, 5.74) is 1.03. The van der Waals surface area contributed by atoms with Gasteiger partial charge in [-0.05, 0) is 30.2 Å². The maximum atomic E-state index is 12.0. The number of carbonyl (C=O) groups is 2. The topological polar surface area (TPSA) is 95.6 Å². The molecule has 134 valence electrons. The molecule has 2 N–H and O–H groups in total. The smallest absolute Gasteiger partial charge is 0.232 e. The SMILES string of the molecule is CC(=O)Nc1ccc(N(CCC(=O)NCC(C)C)S(C)(=O)=O)cc1. The van der Waals surface area contributed by atoms with Crippen LogP contribution >= 0.6 is 0 Å². The molecule has 24 heavy (non-hydrogen) atoms. The lowest BCUT2D eigenvalue weighted by Crippen LogP contribution is -2.35. The zero-order valence-corrected chi connectivity index (χ0v) is 15.3. The van der Waals surface area contributed by atoms with E-state index in [2.05, 4.69) is 10.6 Å². The number of carbonyl (C=O) groups excluding carboxylic acids is 2. The Kier molecular flexibility index (Phi) is 7.21. The van der Waals surface area contributed by atoms with Gasteiger partial charge >= 0.3 is 0 Å². The quantitative estimate of drug-likeness (QED) is 0.740. The molecule has 0 unspecified atom stereocenters. The molecule has 0 atom stereocenters. The van der Waals surface area contributed by atoms with Crippen molar-refractivity contribution in [3.63, 3.8) is 0 Å². The van der Waals surface area contributed by atoms with Crippen LogP contribution in [0.5, 0.6) is 0 Å². The molecule has 0 aromatic heterocycles. The Morgan fingerprint density at radius 1 is 1.17 bits per heavy atom. The van der Waals surface area contributed by atoms with Gasteiger partial charge in [0.1, 0.15) is 0 Å². The first-order valence-electron chi connectivity index (χ1n) is 7.71. The van der Waals surface area contributed by atoms with Gasteiger partial charge in [-0.3, -0.25) is 13.9 Å². The van der Waals surface area contributed by atoms with Gasteiger partial charge in [0.15, 0.2) is 0 Å². The fourth-order valence-electron chi connectivity index (χ4n) is 2.01. The van der Waals surface area contributed by atoms with Crippen LogP contribution in [0.4, 0.5) is 11.4 Å². The van der Waals surface area contributed by atoms with Gasteiger partial charge in [-0.25, -0.2) is 8.42 Å². The predicted molar refractivity (Wildman–Crippen MR) is 95.4 cm³/mol. The lowest BCUT2D eigenvalue weighted by Gasteiger charge is -2.22.